The molecule has 1 N–H and O–H groups in total. The summed E-state index contributed by atoms with van der Waals surface area (Å²) in [6.45, 7) is 9.58. The van der Waals surface area contributed by atoms with E-state index in [1.165, 1.54) is 52.6 Å². The molecule has 1 saturated heterocycles. The molecule has 1 aromatic heterocycles. The number of nitrogens with zero attached hydrogens (tertiary/aromatic N) is 4. The molecule has 0 saturated carbocycles. The second-order valence-electron chi connectivity index (χ2n) is 11.2. The molecule has 2 heterocycles. The maximum absolute atomic E-state index is 9.75. The standard InChI is InChI=1S/C33H44N4O/c1-5-25-12-9-13-26(6-2)31(25)32-34-23(3)29(33(35-32)37-19-17-24(22-38)18-20-37)21-36(4)30-16-10-14-27-11-7-8-15-28(27)30/h7-9,11-13,15,24,30,38H,5-6,10,14,16-22H2,1-4H3/t30-/m0/s1. The Hall–Kier alpha value is -2.76. The van der Waals surface area contributed by atoms with Gasteiger partial charge in [-0.25, -0.2) is 9.97 Å². The van der Waals surface area contributed by atoms with Crippen LogP contribution >= 0.6 is 0 Å². The van der Waals surface area contributed by atoms with Crippen LogP contribution in [0.4, 0.5) is 5.82 Å². The molecule has 202 valence electrons. The van der Waals surface area contributed by atoms with E-state index in [2.05, 4.69) is 80.1 Å². The van der Waals surface area contributed by atoms with Gasteiger partial charge in [-0.2, -0.15) is 0 Å². The van der Waals surface area contributed by atoms with Crippen molar-refractivity contribution < 1.29 is 5.11 Å². The van der Waals surface area contributed by atoms with Gasteiger partial charge in [-0.15, -0.1) is 0 Å². The molecule has 1 aliphatic heterocycles. The van der Waals surface area contributed by atoms with Gasteiger partial charge in [-0.05, 0) is 87.1 Å². The molecule has 1 atom stereocenters. The van der Waals surface area contributed by atoms with Gasteiger partial charge >= 0.3 is 0 Å². The van der Waals surface area contributed by atoms with E-state index in [1.807, 2.05) is 0 Å². The Labute approximate surface area is 228 Å². The number of fused-ring (bicyclic) bond motifs is 1. The van der Waals surface area contributed by atoms with Crippen LogP contribution < -0.4 is 4.90 Å². The first-order valence-electron chi connectivity index (χ1n) is 14.7. The Bertz CT molecular complexity index is 1230. The van der Waals surface area contributed by atoms with Crippen molar-refractivity contribution in [3.63, 3.8) is 0 Å². The lowest BCUT2D eigenvalue weighted by atomic mass is 9.87. The van der Waals surface area contributed by atoms with E-state index in [0.29, 0.717) is 12.0 Å². The fourth-order valence-electron chi connectivity index (χ4n) is 6.54. The highest BCUT2D eigenvalue weighted by Gasteiger charge is 2.28. The summed E-state index contributed by atoms with van der Waals surface area (Å²) in [7, 11) is 2.27. The molecule has 5 heteroatoms. The van der Waals surface area contributed by atoms with Crippen molar-refractivity contribution in [2.75, 3.05) is 31.6 Å². The number of benzene rings is 2. The van der Waals surface area contributed by atoms with E-state index in [1.54, 1.807) is 0 Å². The molecule has 38 heavy (non-hydrogen) atoms. The van der Waals surface area contributed by atoms with Crippen LogP contribution in [0.1, 0.15) is 79.1 Å². The minimum atomic E-state index is 0.280. The monoisotopic (exact) mass is 512 g/mol. The highest BCUT2D eigenvalue weighted by atomic mass is 16.3. The van der Waals surface area contributed by atoms with Gasteiger partial charge in [0.1, 0.15) is 5.82 Å². The van der Waals surface area contributed by atoms with Gasteiger partial charge < -0.3 is 10.0 Å². The highest BCUT2D eigenvalue weighted by Crippen LogP contribution is 2.37. The van der Waals surface area contributed by atoms with Crippen LogP contribution in [0.5, 0.6) is 0 Å². The molecule has 5 rings (SSSR count). The summed E-state index contributed by atoms with van der Waals surface area (Å²) < 4.78 is 0. The molecule has 2 aliphatic rings. The van der Waals surface area contributed by atoms with Gasteiger partial charge in [0, 0.05) is 49.1 Å². The van der Waals surface area contributed by atoms with Gasteiger partial charge in [0.05, 0.1) is 0 Å². The predicted octanol–water partition coefficient (Wildman–Crippen LogP) is 6.29. The first kappa shape index (κ1) is 26.8. The topological polar surface area (TPSA) is 52.5 Å². The molecular formula is C33H44N4O. The van der Waals surface area contributed by atoms with Crippen molar-refractivity contribution in [3.8, 4) is 11.4 Å². The number of aromatic nitrogens is 2. The average Bonchev–Trinajstić information content (AvgIpc) is 2.97. The molecule has 5 nitrogen and oxygen atoms in total. The molecule has 1 fully saturated rings. The number of aryl methyl sites for hydroxylation is 4. The van der Waals surface area contributed by atoms with Gasteiger partial charge in [0.25, 0.3) is 0 Å². The molecular weight excluding hydrogens is 468 g/mol. The summed E-state index contributed by atoms with van der Waals surface area (Å²) in [6, 6.07) is 16.0. The van der Waals surface area contributed by atoms with Crippen molar-refractivity contribution in [1.82, 2.24) is 14.9 Å². The normalized spacial score (nSPS) is 18.2. The van der Waals surface area contributed by atoms with Crippen molar-refractivity contribution in [3.05, 3.63) is 76.0 Å². The van der Waals surface area contributed by atoms with E-state index in [4.69, 9.17) is 9.97 Å². The van der Waals surface area contributed by atoms with E-state index in [9.17, 15) is 5.11 Å². The molecule has 0 radical (unpaired) electrons. The van der Waals surface area contributed by atoms with E-state index >= 15 is 0 Å². The molecule has 0 spiro atoms. The van der Waals surface area contributed by atoms with Crippen LogP contribution in [0, 0.1) is 12.8 Å². The Morgan fingerprint density at radius 3 is 2.34 bits per heavy atom. The number of anilines is 1. The van der Waals surface area contributed by atoms with Crippen LogP contribution in [0.25, 0.3) is 11.4 Å². The Morgan fingerprint density at radius 1 is 0.947 bits per heavy atom. The molecule has 1 aliphatic carbocycles. The second-order valence-corrected chi connectivity index (χ2v) is 11.2. The Morgan fingerprint density at radius 2 is 1.66 bits per heavy atom. The van der Waals surface area contributed by atoms with Crippen LogP contribution in [-0.4, -0.2) is 46.7 Å². The molecule has 0 unspecified atom stereocenters. The second kappa shape index (κ2) is 12.0. The number of aliphatic hydroxyl groups excluding tert-OH is 1. The molecule has 0 bridgehead atoms. The maximum Gasteiger partial charge on any atom is 0.162 e. The summed E-state index contributed by atoms with van der Waals surface area (Å²) in [6.07, 6.45) is 7.54. The van der Waals surface area contributed by atoms with Crippen LogP contribution in [0.3, 0.4) is 0 Å². The first-order valence-corrected chi connectivity index (χ1v) is 14.7. The number of piperidine rings is 1. The molecule has 0 amide bonds. The lowest BCUT2D eigenvalue weighted by Crippen LogP contribution is -2.37. The van der Waals surface area contributed by atoms with Crippen molar-refractivity contribution in [2.45, 2.75) is 78.3 Å². The predicted molar refractivity (Wildman–Crippen MR) is 157 cm³/mol. The average molecular weight is 513 g/mol. The minimum absolute atomic E-state index is 0.280. The zero-order valence-corrected chi connectivity index (χ0v) is 23.7. The lowest BCUT2D eigenvalue weighted by molar-refractivity contribution is 0.201. The zero-order valence-electron chi connectivity index (χ0n) is 23.7. The van der Waals surface area contributed by atoms with E-state index < -0.39 is 0 Å². The molecule has 2 aromatic carbocycles. The summed E-state index contributed by atoms with van der Waals surface area (Å²) in [5, 5.41) is 9.75. The van der Waals surface area contributed by atoms with Crippen LogP contribution in [-0.2, 0) is 25.8 Å². The summed E-state index contributed by atoms with van der Waals surface area (Å²) >= 11 is 0. The lowest BCUT2D eigenvalue weighted by Gasteiger charge is -2.36. The van der Waals surface area contributed by atoms with E-state index in [0.717, 1.165) is 62.7 Å². The van der Waals surface area contributed by atoms with E-state index in [-0.39, 0.29) is 6.61 Å². The number of hydrogen-bond donors (Lipinski definition) is 1. The van der Waals surface area contributed by atoms with Crippen LogP contribution in [0.2, 0.25) is 0 Å². The van der Waals surface area contributed by atoms with Gasteiger partial charge in [0.2, 0.25) is 0 Å². The number of aliphatic hydroxyl groups is 1. The first-order chi connectivity index (χ1) is 18.5. The van der Waals surface area contributed by atoms with Crippen molar-refractivity contribution in [1.29, 1.82) is 0 Å². The fraction of sp³-hybridized carbons (Fsp3) is 0.515. The van der Waals surface area contributed by atoms with Gasteiger partial charge in [-0.3, -0.25) is 4.90 Å². The third-order valence-corrected chi connectivity index (χ3v) is 8.86. The summed E-state index contributed by atoms with van der Waals surface area (Å²) in [4.78, 5) is 15.5. The van der Waals surface area contributed by atoms with Gasteiger partial charge in [-0.1, -0.05) is 56.3 Å². The third kappa shape index (κ3) is 5.37. The maximum atomic E-state index is 9.75. The largest absolute Gasteiger partial charge is 0.396 e. The van der Waals surface area contributed by atoms with Crippen molar-refractivity contribution in [2.24, 2.45) is 5.92 Å². The SMILES string of the molecule is CCc1cccc(CC)c1-c1nc(C)c(CN(C)[C@H]2CCCc3ccccc32)c(N2CCC(CO)CC2)n1. The summed E-state index contributed by atoms with van der Waals surface area (Å²) in [5.41, 5.74) is 9.15. The Kier molecular flexibility index (Phi) is 8.45. The van der Waals surface area contributed by atoms with Crippen LogP contribution in [0.15, 0.2) is 42.5 Å². The molecule has 3 aromatic rings. The number of rotatable bonds is 8. The smallest absolute Gasteiger partial charge is 0.162 e. The van der Waals surface area contributed by atoms with Crippen molar-refractivity contribution >= 4 is 5.82 Å². The third-order valence-electron chi connectivity index (χ3n) is 8.86. The quantitative estimate of drug-likeness (QED) is 0.384. The fourth-order valence-corrected chi connectivity index (χ4v) is 6.54. The summed E-state index contributed by atoms with van der Waals surface area (Å²) in [5.74, 6) is 2.35. The number of hydrogen-bond acceptors (Lipinski definition) is 5. The minimum Gasteiger partial charge on any atom is -0.396 e. The highest BCUT2D eigenvalue weighted by molar-refractivity contribution is 5.68. The van der Waals surface area contributed by atoms with Gasteiger partial charge in [0.15, 0.2) is 5.82 Å². The zero-order chi connectivity index (χ0) is 26.6. The Balaban J connectivity index is 1.55.